The zero-order valence-corrected chi connectivity index (χ0v) is 6.33. The van der Waals surface area contributed by atoms with Gasteiger partial charge in [0.1, 0.15) is 0 Å². The van der Waals surface area contributed by atoms with Gasteiger partial charge in [-0.2, -0.15) is 0 Å². The van der Waals surface area contributed by atoms with Crippen molar-refractivity contribution in [2.75, 3.05) is 0 Å². The second-order valence-corrected chi connectivity index (χ2v) is 3.51. The molecule has 1 aliphatic heterocycles. The maximum atomic E-state index is 11.2. The Labute approximate surface area is 69.1 Å². The molecule has 0 aromatic carbocycles. The molecule has 2 fully saturated rings. The molecular formula is C9H7NO2. The lowest BCUT2D eigenvalue weighted by Crippen LogP contribution is -2.17. The van der Waals surface area contributed by atoms with Crippen molar-refractivity contribution in [1.29, 1.82) is 0 Å². The molecule has 1 amide bonds. The second-order valence-electron chi connectivity index (χ2n) is 3.51. The van der Waals surface area contributed by atoms with Gasteiger partial charge >= 0.3 is 0 Å². The van der Waals surface area contributed by atoms with E-state index in [4.69, 9.17) is 0 Å². The number of fused-ring (bicyclic) bond motifs is 2. The summed E-state index contributed by atoms with van der Waals surface area (Å²) in [5, 5.41) is 2.57. The first-order chi connectivity index (χ1) is 5.75. The summed E-state index contributed by atoms with van der Waals surface area (Å²) in [6, 6.07) is 0. The largest absolute Gasteiger partial charge is 0.319 e. The van der Waals surface area contributed by atoms with Crippen molar-refractivity contribution in [3.8, 4) is 0 Å². The molecule has 3 heteroatoms. The van der Waals surface area contributed by atoms with Crippen LogP contribution in [-0.2, 0) is 9.59 Å². The average Bonchev–Trinajstić information content (AvgIpc) is 2.74. The standard InChI is InChI=1S/C9H7NO2/c11-8-6-2-4-1-5(4)3-7(6)10-9(8)12/h2-5H,1H2,(H,10,12). The summed E-state index contributed by atoms with van der Waals surface area (Å²) < 4.78 is 0. The SMILES string of the molecule is O=C1NC2=CC3CC3C=C2C1=O. The van der Waals surface area contributed by atoms with E-state index in [1.165, 1.54) is 0 Å². The fraction of sp³-hybridized carbons (Fsp3) is 0.333. The molecule has 1 N–H and O–H groups in total. The summed E-state index contributed by atoms with van der Waals surface area (Å²) >= 11 is 0. The minimum absolute atomic E-state index is 0.369. The Morgan fingerprint density at radius 3 is 2.83 bits per heavy atom. The second kappa shape index (κ2) is 1.68. The molecule has 0 radical (unpaired) electrons. The van der Waals surface area contributed by atoms with Gasteiger partial charge in [0.2, 0.25) is 0 Å². The lowest BCUT2D eigenvalue weighted by atomic mass is 10.0. The Hall–Kier alpha value is -1.38. The first kappa shape index (κ1) is 6.17. The van der Waals surface area contributed by atoms with Gasteiger partial charge in [-0.15, -0.1) is 0 Å². The van der Waals surface area contributed by atoms with Crippen LogP contribution in [0.5, 0.6) is 0 Å². The molecular weight excluding hydrogens is 154 g/mol. The van der Waals surface area contributed by atoms with Crippen LogP contribution in [0.25, 0.3) is 0 Å². The number of amides is 1. The summed E-state index contributed by atoms with van der Waals surface area (Å²) in [5.41, 5.74) is 1.34. The number of carbonyl (C=O) groups is 2. The number of hydrogen-bond acceptors (Lipinski definition) is 2. The Morgan fingerprint density at radius 1 is 1.25 bits per heavy atom. The number of allylic oxidation sites excluding steroid dienone is 3. The van der Waals surface area contributed by atoms with Gasteiger partial charge < -0.3 is 5.32 Å². The van der Waals surface area contributed by atoms with E-state index in [1.807, 2.05) is 12.2 Å². The van der Waals surface area contributed by atoms with Crippen LogP contribution < -0.4 is 5.32 Å². The molecule has 3 aliphatic rings. The molecule has 60 valence electrons. The topological polar surface area (TPSA) is 46.2 Å². The number of nitrogens with one attached hydrogen (secondary N) is 1. The third kappa shape index (κ3) is 0.611. The predicted molar refractivity (Wildman–Crippen MR) is 40.9 cm³/mol. The highest BCUT2D eigenvalue weighted by molar-refractivity contribution is 6.47. The predicted octanol–water partition coefficient (Wildman–Crippen LogP) is 0.145. The van der Waals surface area contributed by atoms with Gasteiger partial charge in [-0.3, -0.25) is 9.59 Å². The van der Waals surface area contributed by atoms with Gasteiger partial charge in [0.15, 0.2) is 0 Å². The van der Waals surface area contributed by atoms with Crippen molar-refractivity contribution in [3.63, 3.8) is 0 Å². The maximum absolute atomic E-state index is 11.2. The van der Waals surface area contributed by atoms with Crippen LogP contribution in [0.15, 0.2) is 23.4 Å². The Kier molecular flexibility index (Phi) is 0.865. The quantitative estimate of drug-likeness (QED) is 0.514. The molecule has 1 heterocycles. The van der Waals surface area contributed by atoms with E-state index < -0.39 is 5.91 Å². The average molecular weight is 161 g/mol. The minimum atomic E-state index is -0.478. The summed E-state index contributed by atoms with van der Waals surface area (Å²) in [6.45, 7) is 0. The van der Waals surface area contributed by atoms with E-state index >= 15 is 0 Å². The number of hydrogen-bond donors (Lipinski definition) is 1. The molecule has 0 aromatic rings. The third-order valence-electron chi connectivity index (χ3n) is 2.64. The molecule has 0 aromatic heterocycles. The van der Waals surface area contributed by atoms with E-state index in [0.29, 0.717) is 17.4 Å². The number of Topliss-reactive ketones (excluding diaryl/α,β-unsaturated/α-hetero) is 1. The van der Waals surface area contributed by atoms with Crippen molar-refractivity contribution in [2.45, 2.75) is 6.42 Å². The zero-order valence-electron chi connectivity index (χ0n) is 6.33. The molecule has 3 rings (SSSR count). The Morgan fingerprint density at radius 2 is 2.00 bits per heavy atom. The molecule has 2 aliphatic carbocycles. The minimum Gasteiger partial charge on any atom is -0.319 e. The van der Waals surface area contributed by atoms with E-state index in [-0.39, 0.29) is 5.78 Å². The Balaban J connectivity index is 2.13. The maximum Gasteiger partial charge on any atom is 0.296 e. The van der Waals surface area contributed by atoms with Crippen LogP contribution in [-0.4, -0.2) is 11.7 Å². The van der Waals surface area contributed by atoms with Gasteiger partial charge in [0, 0.05) is 11.3 Å². The van der Waals surface area contributed by atoms with Crippen LogP contribution >= 0.6 is 0 Å². The summed E-state index contributed by atoms with van der Waals surface area (Å²) in [6.07, 6.45) is 5.07. The normalized spacial score (nSPS) is 36.3. The first-order valence-corrected chi connectivity index (χ1v) is 4.05. The van der Waals surface area contributed by atoms with Crippen molar-refractivity contribution in [2.24, 2.45) is 11.8 Å². The van der Waals surface area contributed by atoms with E-state index in [2.05, 4.69) is 5.32 Å². The first-order valence-electron chi connectivity index (χ1n) is 4.05. The molecule has 2 atom stereocenters. The van der Waals surface area contributed by atoms with Crippen molar-refractivity contribution < 1.29 is 9.59 Å². The lowest BCUT2D eigenvalue weighted by Gasteiger charge is -2.02. The van der Waals surface area contributed by atoms with Crippen LogP contribution in [0.1, 0.15) is 6.42 Å². The van der Waals surface area contributed by atoms with Crippen LogP contribution in [0, 0.1) is 11.8 Å². The molecule has 3 nitrogen and oxygen atoms in total. The van der Waals surface area contributed by atoms with Crippen molar-refractivity contribution in [3.05, 3.63) is 23.4 Å². The highest BCUT2D eigenvalue weighted by Gasteiger charge is 2.43. The smallest absolute Gasteiger partial charge is 0.296 e. The van der Waals surface area contributed by atoms with E-state index in [0.717, 1.165) is 12.1 Å². The fourth-order valence-electron chi connectivity index (χ4n) is 1.84. The number of rotatable bonds is 0. The van der Waals surface area contributed by atoms with Crippen LogP contribution in [0.4, 0.5) is 0 Å². The van der Waals surface area contributed by atoms with Gasteiger partial charge in [0.25, 0.3) is 11.7 Å². The van der Waals surface area contributed by atoms with Crippen molar-refractivity contribution >= 4 is 11.7 Å². The molecule has 0 spiro atoms. The van der Waals surface area contributed by atoms with E-state index in [1.54, 1.807) is 0 Å². The zero-order chi connectivity index (χ0) is 8.29. The van der Waals surface area contributed by atoms with Crippen LogP contribution in [0.3, 0.4) is 0 Å². The lowest BCUT2D eigenvalue weighted by molar-refractivity contribution is -0.133. The van der Waals surface area contributed by atoms with Gasteiger partial charge in [-0.1, -0.05) is 12.2 Å². The third-order valence-corrected chi connectivity index (χ3v) is 2.64. The van der Waals surface area contributed by atoms with Gasteiger partial charge in [-0.05, 0) is 18.3 Å². The van der Waals surface area contributed by atoms with E-state index in [9.17, 15) is 9.59 Å². The molecule has 1 saturated carbocycles. The monoisotopic (exact) mass is 161 g/mol. The number of carbonyl (C=O) groups excluding carboxylic acids is 2. The summed E-state index contributed by atoms with van der Waals surface area (Å²) in [7, 11) is 0. The highest BCUT2D eigenvalue weighted by atomic mass is 16.2. The van der Waals surface area contributed by atoms with Gasteiger partial charge in [-0.25, -0.2) is 0 Å². The molecule has 2 unspecified atom stereocenters. The summed E-state index contributed by atoms with van der Waals surface area (Å²) in [4.78, 5) is 22.1. The summed E-state index contributed by atoms with van der Waals surface area (Å²) in [5.74, 6) is 0.260. The Bertz CT molecular complexity index is 365. The van der Waals surface area contributed by atoms with Crippen molar-refractivity contribution in [1.82, 2.24) is 5.32 Å². The highest BCUT2D eigenvalue weighted by Crippen LogP contribution is 2.46. The fourth-order valence-corrected chi connectivity index (χ4v) is 1.84. The molecule has 1 saturated heterocycles. The van der Waals surface area contributed by atoms with Gasteiger partial charge in [0.05, 0.1) is 0 Å². The molecule has 0 bridgehead atoms. The molecule has 12 heavy (non-hydrogen) atoms. The van der Waals surface area contributed by atoms with Crippen LogP contribution in [0.2, 0.25) is 0 Å². The number of ketones is 1.